The molecule has 4 rings (SSSR count). The molecule has 2 aliphatic carbocycles. The van der Waals surface area contributed by atoms with Crippen molar-refractivity contribution in [2.24, 2.45) is 13.0 Å². The van der Waals surface area contributed by atoms with Gasteiger partial charge >= 0.3 is 0 Å². The van der Waals surface area contributed by atoms with Crippen LogP contribution in [0.1, 0.15) is 62.5 Å². The highest BCUT2D eigenvalue weighted by Gasteiger charge is 2.37. The van der Waals surface area contributed by atoms with Gasteiger partial charge in [-0.05, 0) is 37.7 Å². The first-order chi connectivity index (χ1) is 13.1. The van der Waals surface area contributed by atoms with Crippen LogP contribution < -0.4 is 5.32 Å². The van der Waals surface area contributed by atoms with E-state index in [0.29, 0.717) is 12.5 Å². The van der Waals surface area contributed by atoms with Crippen LogP contribution in [0.3, 0.4) is 0 Å². The van der Waals surface area contributed by atoms with E-state index in [0.717, 1.165) is 50.2 Å². The van der Waals surface area contributed by atoms with E-state index in [4.69, 9.17) is 0 Å². The van der Waals surface area contributed by atoms with Gasteiger partial charge in [0.05, 0.1) is 0 Å². The maximum atomic E-state index is 12.3. The molecule has 2 heterocycles. The van der Waals surface area contributed by atoms with E-state index < -0.39 is 6.10 Å². The lowest BCUT2D eigenvalue weighted by Crippen LogP contribution is -2.49. The van der Waals surface area contributed by atoms with Crippen LogP contribution >= 0.6 is 0 Å². The van der Waals surface area contributed by atoms with Crippen LogP contribution in [0.25, 0.3) is 0 Å². The van der Waals surface area contributed by atoms with Gasteiger partial charge in [0.15, 0.2) is 5.82 Å². The second-order valence-electron chi connectivity index (χ2n) is 7.95. The fraction of sp³-hybridized carbons (Fsp3) is 0.684. The average Bonchev–Trinajstić information content (AvgIpc) is 3.29. The molecule has 0 bridgehead atoms. The molecule has 2 aromatic heterocycles. The third-order valence-corrected chi connectivity index (χ3v) is 6.08. The zero-order valence-corrected chi connectivity index (χ0v) is 15.8. The van der Waals surface area contributed by atoms with Crippen molar-refractivity contribution in [3.8, 4) is 0 Å². The summed E-state index contributed by atoms with van der Waals surface area (Å²) in [4.78, 5) is 12.3. The van der Waals surface area contributed by atoms with Crippen molar-refractivity contribution in [3.05, 3.63) is 30.1 Å². The molecule has 146 valence electrons. The number of nitrogens with zero attached hydrogens (tertiary/aromatic N) is 5. The maximum absolute atomic E-state index is 12.3. The number of rotatable bonds is 6. The first kappa shape index (κ1) is 18.2. The molecule has 2 N–H and O–H groups in total. The monoisotopic (exact) mass is 372 g/mol. The van der Waals surface area contributed by atoms with Crippen LogP contribution in [0, 0.1) is 5.92 Å². The van der Waals surface area contributed by atoms with Gasteiger partial charge in [-0.25, -0.2) is 0 Å². The Morgan fingerprint density at radius 2 is 2.07 bits per heavy atom. The molecule has 8 heteroatoms. The molecule has 27 heavy (non-hydrogen) atoms. The maximum Gasteiger partial charge on any atom is 0.249 e. The van der Waals surface area contributed by atoms with Gasteiger partial charge in [0.25, 0.3) is 0 Å². The average molecular weight is 372 g/mol. The summed E-state index contributed by atoms with van der Waals surface area (Å²) in [7, 11) is 1.98. The second kappa shape index (κ2) is 7.80. The smallest absolute Gasteiger partial charge is 0.249 e. The Balaban J connectivity index is 1.28. The first-order valence-electron chi connectivity index (χ1n) is 9.96. The molecular formula is C19H28N6O2. The molecule has 0 radical (unpaired) electrons. The zero-order chi connectivity index (χ0) is 18.8. The van der Waals surface area contributed by atoms with E-state index in [9.17, 15) is 9.90 Å². The number of nitrogens with one attached hydrogen (secondary N) is 1. The Labute approximate surface area is 159 Å². The summed E-state index contributed by atoms with van der Waals surface area (Å²) < 4.78 is 3.85. The summed E-state index contributed by atoms with van der Waals surface area (Å²) in [5, 5.41) is 26.2. The molecule has 2 aromatic rings. The fourth-order valence-electron chi connectivity index (χ4n) is 4.30. The Hall–Kier alpha value is -2.22. The molecule has 2 saturated carbocycles. The van der Waals surface area contributed by atoms with Gasteiger partial charge in [0.2, 0.25) is 5.91 Å². The predicted molar refractivity (Wildman–Crippen MR) is 98.8 cm³/mol. The van der Waals surface area contributed by atoms with Crippen molar-refractivity contribution < 1.29 is 9.90 Å². The number of amides is 1. The Morgan fingerprint density at radius 3 is 2.78 bits per heavy atom. The molecule has 2 fully saturated rings. The fourth-order valence-corrected chi connectivity index (χ4v) is 4.30. The Bertz CT molecular complexity index is 759. The van der Waals surface area contributed by atoms with Crippen LogP contribution in [0.2, 0.25) is 0 Å². The lowest BCUT2D eigenvalue weighted by atomic mass is 9.79. The minimum Gasteiger partial charge on any atom is -0.383 e. The second-order valence-corrected chi connectivity index (χ2v) is 7.95. The van der Waals surface area contributed by atoms with E-state index >= 15 is 0 Å². The number of carbonyl (C=O) groups excluding carboxylic acids is 1. The van der Waals surface area contributed by atoms with Crippen molar-refractivity contribution >= 4 is 5.91 Å². The zero-order valence-electron chi connectivity index (χ0n) is 15.8. The highest BCUT2D eigenvalue weighted by atomic mass is 16.3. The Morgan fingerprint density at radius 1 is 1.30 bits per heavy atom. The van der Waals surface area contributed by atoms with Gasteiger partial charge in [0, 0.05) is 31.4 Å². The highest BCUT2D eigenvalue weighted by molar-refractivity contribution is 5.81. The number of aliphatic hydroxyl groups excluding tert-OH is 1. The summed E-state index contributed by atoms with van der Waals surface area (Å²) in [6.07, 6.45) is 9.85. The van der Waals surface area contributed by atoms with E-state index in [2.05, 4.69) is 20.6 Å². The van der Waals surface area contributed by atoms with Gasteiger partial charge in [-0.2, -0.15) is 5.10 Å². The largest absolute Gasteiger partial charge is 0.383 e. The van der Waals surface area contributed by atoms with Crippen molar-refractivity contribution in [1.82, 2.24) is 29.9 Å². The summed E-state index contributed by atoms with van der Waals surface area (Å²) in [6, 6.07) is 2.00. The van der Waals surface area contributed by atoms with Crippen LogP contribution in [0.5, 0.6) is 0 Å². The van der Waals surface area contributed by atoms with Gasteiger partial charge < -0.3 is 15.0 Å². The number of aromatic nitrogens is 5. The van der Waals surface area contributed by atoms with E-state index in [1.165, 1.54) is 6.42 Å². The van der Waals surface area contributed by atoms with E-state index in [1.54, 1.807) is 6.20 Å². The molecule has 0 aromatic carbocycles. The van der Waals surface area contributed by atoms with Gasteiger partial charge in [0.1, 0.15) is 18.5 Å². The Kier molecular flexibility index (Phi) is 5.24. The third-order valence-electron chi connectivity index (χ3n) is 6.08. The lowest BCUT2D eigenvalue weighted by Gasteiger charge is -2.36. The SMILES string of the molecule is Cn1c(Cn2cccn2)nnc1C1CC(NC(=O)C(O)C2CCCCC2)C1. The summed E-state index contributed by atoms with van der Waals surface area (Å²) in [5.41, 5.74) is 0. The van der Waals surface area contributed by atoms with Crippen LogP contribution in [0.15, 0.2) is 18.5 Å². The minimum absolute atomic E-state index is 0.118. The quantitative estimate of drug-likeness (QED) is 0.798. The molecule has 1 atom stereocenters. The molecular weight excluding hydrogens is 344 g/mol. The molecule has 1 amide bonds. The van der Waals surface area contributed by atoms with Crippen LogP contribution in [-0.4, -0.2) is 47.7 Å². The number of hydrogen-bond acceptors (Lipinski definition) is 5. The molecule has 0 aliphatic heterocycles. The summed E-state index contributed by atoms with van der Waals surface area (Å²) >= 11 is 0. The van der Waals surface area contributed by atoms with Crippen LogP contribution in [0.4, 0.5) is 0 Å². The molecule has 8 nitrogen and oxygen atoms in total. The summed E-state index contributed by atoms with van der Waals surface area (Å²) in [6.45, 7) is 0.594. The minimum atomic E-state index is -0.861. The van der Waals surface area contributed by atoms with Crippen molar-refractivity contribution in [3.63, 3.8) is 0 Å². The lowest BCUT2D eigenvalue weighted by molar-refractivity contribution is -0.134. The molecule has 0 spiro atoms. The van der Waals surface area contributed by atoms with Crippen molar-refractivity contribution in [2.75, 3.05) is 0 Å². The number of carbonyl (C=O) groups is 1. The van der Waals surface area contributed by atoms with Gasteiger partial charge in [-0.15, -0.1) is 10.2 Å². The van der Waals surface area contributed by atoms with Gasteiger partial charge in [-0.1, -0.05) is 19.3 Å². The normalized spacial score (nSPS) is 24.4. The number of hydrogen-bond donors (Lipinski definition) is 2. The first-order valence-corrected chi connectivity index (χ1v) is 9.96. The van der Waals surface area contributed by atoms with E-state index in [-0.39, 0.29) is 17.9 Å². The third kappa shape index (κ3) is 3.90. The summed E-state index contributed by atoms with van der Waals surface area (Å²) in [5.74, 6) is 2.04. The van der Waals surface area contributed by atoms with Crippen molar-refractivity contribution in [1.29, 1.82) is 0 Å². The topological polar surface area (TPSA) is 97.9 Å². The van der Waals surface area contributed by atoms with Crippen LogP contribution in [-0.2, 0) is 18.4 Å². The predicted octanol–water partition coefficient (Wildman–Crippen LogP) is 1.36. The standard InChI is InChI=1S/C19H28N6O2/c1-24-16(12-25-9-5-8-20-25)22-23-18(24)14-10-15(11-14)21-19(27)17(26)13-6-3-2-4-7-13/h5,8-9,13-15,17,26H,2-4,6-7,10-12H2,1H3,(H,21,27). The number of aliphatic hydroxyl groups is 1. The molecule has 1 unspecified atom stereocenters. The van der Waals surface area contributed by atoms with Crippen molar-refractivity contribution in [2.45, 2.75) is 69.6 Å². The van der Waals surface area contributed by atoms with E-state index in [1.807, 2.05) is 28.6 Å². The molecule has 0 saturated heterocycles. The highest BCUT2D eigenvalue weighted by Crippen LogP contribution is 2.36. The van der Waals surface area contributed by atoms with Gasteiger partial charge in [-0.3, -0.25) is 9.48 Å². The molecule has 2 aliphatic rings.